The molecule has 102 valence electrons. The van der Waals surface area contributed by atoms with Crippen molar-refractivity contribution >= 4 is 11.8 Å². The van der Waals surface area contributed by atoms with E-state index in [-0.39, 0.29) is 17.9 Å². The van der Waals surface area contributed by atoms with Gasteiger partial charge in [0.1, 0.15) is 0 Å². The Labute approximate surface area is 112 Å². The average molecular weight is 262 g/mol. The highest BCUT2D eigenvalue weighted by atomic mass is 16.2. The number of amides is 2. The lowest BCUT2D eigenvalue weighted by atomic mass is 10.1. The summed E-state index contributed by atoms with van der Waals surface area (Å²) in [4.78, 5) is 27.7. The Balaban J connectivity index is 1.61. The normalized spacial score (nSPS) is 23.3. The summed E-state index contributed by atoms with van der Waals surface area (Å²) in [5, 5.41) is 2.84. The first kappa shape index (κ1) is 12.2. The number of rotatable bonds is 3. The smallest absolute Gasteiger partial charge is 0.317 e. The van der Waals surface area contributed by atoms with E-state index < -0.39 is 0 Å². The number of carbonyl (C=O) groups excluding carboxylic acids is 2. The third-order valence-electron chi connectivity index (χ3n) is 3.91. The van der Waals surface area contributed by atoms with Crippen molar-refractivity contribution in [3.05, 3.63) is 24.0 Å². The van der Waals surface area contributed by atoms with Gasteiger partial charge in [0.25, 0.3) is 0 Å². The molecule has 0 radical (unpaired) electrons. The Morgan fingerprint density at radius 1 is 1.47 bits per heavy atom. The zero-order chi connectivity index (χ0) is 13.4. The number of aromatic nitrogens is 1. The highest BCUT2D eigenvalue weighted by molar-refractivity contribution is 5.96. The van der Waals surface area contributed by atoms with Crippen LogP contribution in [-0.2, 0) is 7.05 Å². The van der Waals surface area contributed by atoms with Crippen molar-refractivity contribution in [3.63, 3.8) is 0 Å². The number of nitrogens with one attached hydrogen (secondary N) is 1. The van der Waals surface area contributed by atoms with Crippen molar-refractivity contribution in [1.29, 1.82) is 0 Å². The highest BCUT2D eigenvalue weighted by Crippen LogP contribution is 2.14. The van der Waals surface area contributed by atoms with Gasteiger partial charge >= 0.3 is 6.03 Å². The molecule has 3 heterocycles. The first-order valence-electron chi connectivity index (χ1n) is 6.56. The van der Waals surface area contributed by atoms with E-state index in [9.17, 15) is 9.59 Å². The summed E-state index contributed by atoms with van der Waals surface area (Å²) < 4.78 is 1.85. The molecule has 1 aromatic heterocycles. The summed E-state index contributed by atoms with van der Waals surface area (Å²) in [5.41, 5.74) is 0.739. The molecular formula is C13H18N4O2. The first-order valence-corrected chi connectivity index (χ1v) is 6.56. The van der Waals surface area contributed by atoms with E-state index in [0.717, 1.165) is 18.8 Å². The molecule has 2 aliphatic heterocycles. The summed E-state index contributed by atoms with van der Waals surface area (Å²) in [6.45, 7) is 3.36. The second-order valence-electron chi connectivity index (χ2n) is 5.20. The molecule has 0 aromatic carbocycles. The number of carbonyl (C=O) groups is 2. The van der Waals surface area contributed by atoms with Crippen LogP contribution in [0.1, 0.15) is 10.5 Å². The number of hydrogen-bond donors (Lipinski definition) is 1. The maximum atomic E-state index is 12.2. The van der Waals surface area contributed by atoms with Crippen LogP contribution < -0.4 is 5.32 Å². The van der Waals surface area contributed by atoms with Crippen molar-refractivity contribution in [1.82, 2.24) is 19.7 Å². The second kappa shape index (κ2) is 4.70. The number of nitrogens with zero attached hydrogens (tertiary/aromatic N) is 3. The van der Waals surface area contributed by atoms with Crippen molar-refractivity contribution in [2.75, 3.05) is 32.7 Å². The SMILES string of the molecule is Cn1cccc1C(=O)CN1CCN2C(=O)NCC2C1. The Hall–Kier alpha value is -1.82. The Morgan fingerprint density at radius 2 is 2.32 bits per heavy atom. The fourth-order valence-electron chi connectivity index (χ4n) is 2.85. The number of Topliss-reactive ketones (excluding diaryl/α,β-unsaturated/α-hetero) is 1. The minimum Gasteiger partial charge on any atom is -0.348 e. The van der Waals surface area contributed by atoms with E-state index in [0.29, 0.717) is 19.6 Å². The Morgan fingerprint density at radius 3 is 3.05 bits per heavy atom. The standard InChI is InChI=1S/C13H18N4O2/c1-15-4-2-3-11(15)12(18)9-16-5-6-17-10(8-16)7-14-13(17)19/h2-4,10H,5-9H2,1H3,(H,14,19). The Kier molecular flexibility index (Phi) is 3.02. The molecule has 0 bridgehead atoms. The molecule has 2 fully saturated rings. The number of piperazine rings is 1. The number of fused-ring (bicyclic) bond motifs is 1. The van der Waals surface area contributed by atoms with E-state index in [2.05, 4.69) is 10.2 Å². The van der Waals surface area contributed by atoms with Gasteiger partial charge in [-0.05, 0) is 12.1 Å². The third kappa shape index (κ3) is 2.23. The van der Waals surface area contributed by atoms with Crippen LogP contribution in [0.25, 0.3) is 0 Å². The number of aryl methyl sites for hydroxylation is 1. The van der Waals surface area contributed by atoms with Crippen molar-refractivity contribution in [2.24, 2.45) is 7.05 Å². The van der Waals surface area contributed by atoms with E-state index in [1.54, 1.807) is 0 Å². The molecule has 1 aromatic rings. The second-order valence-corrected chi connectivity index (χ2v) is 5.20. The Bertz CT molecular complexity index is 510. The molecule has 2 amide bonds. The van der Waals surface area contributed by atoms with Gasteiger partial charge in [-0.3, -0.25) is 9.69 Å². The summed E-state index contributed by atoms with van der Waals surface area (Å²) in [6, 6.07) is 3.96. The molecule has 6 nitrogen and oxygen atoms in total. The zero-order valence-electron chi connectivity index (χ0n) is 11.0. The topological polar surface area (TPSA) is 57.6 Å². The molecule has 1 N–H and O–H groups in total. The summed E-state index contributed by atoms with van der Waals surface area (Å²) in [7, 11) is 1.88. The summed E-state index contributed by atoms with van der Waals surface area (Å²) in [6.07, 6.45) is 1.88. The van der Waals surface area contributed by atoms with Gasteiger partial charge in [0, 0.05) is 39.4 Å². The van der Waals surface area contributed by atoms with Gasteiger partial charge in [-0.25, -0.2) is 4.79 Å². The van der Waals surface area contributed by atoms with Gasteiger partial charge in [-0.15, -0.1) is 0 Å². The van der Waals surface area contributed by atoms with Crippen LogP contribution >= 0.6 is 0 Å². The van der Waals surface area contributed by atoms with Crippen LogP contribution in [0.3, 0.4) is 0 Å². The molecule has 2 saturated heterocycles. The molecule has 1 atom stereocenters. The van der Waals surface area contributed by atoms with Crippen LogP contribution in [-0.4, -0.2) is 64.9 Å². The maximum Gasteiger partial charge on any atom is 0.317 e. The van der Waals surface area contributed by atoms with E-state index in [1.165, 1.54) is 0 Å². The lowest BCUT2D eigenvalue weighted by Crippen LogP contribution is -2.53. The van der Waals surface area contributed by atoms with Crippen LogP contribution in [0.4, 0.5) is 4.79 Å². The molecule has 0 spiro atoms. The van der Waals surface area contributed by atoms with E-state index in [4.69, 9.17) is 0 Å². The fraction of sp³-hybridized carbons (Fsp3) is 0.538. The number of hydrogen-bond acceptors (Lipinski definition) is 3. The lowest BCUT2D eigenvalue weighted by molar-refractivity contribution is 0.0831. The van der Waals surface area contributed by atoms with Crippen LogP contribution in [0, 0.1) is 0 Å². The van der Waals surface area contributed by atoms with Crippen molar-refractivity contribution in [3.8, 4) is 0 Å². The molecule has 0 aliphatic carbocycles. The predicted octanol–water partition coefficient (Wildman–Crippen LogP) is -0.0828. The maximum absolute atomic E-state index is 12.2. The summed E-state index contributed by atoms with van der Waals surface area (Å²) >= 11 is 0. The van der Waals surface area contributed by atoms with Gasteiger partial charge in [0.15, 0.2) is 5.78 Å². The number of urea groups is 1. The largest absolute Gasteiger partial charge is 0.348 e. The predicted molar refractivity (Wildman–Crippen MR) is 70.1 cm³/mol. The van der Waals surface area contributed by atoms with Crippen molar-refractivity contribution in [2.45, 2.75) is 6.04 Å². The van der Waals surface area contributed by atoms with Gasteiger partial charge in [-0.2, -0.15) is 0 Å². The molecule has 6 heteroatoms. The van der Waals surface area contributed by atoms with Crippen molar-refractivity contribution < 1.29 is 9.59 Å². The van der Waals surface area contributed by atoms with Crippen LogP contribution in [0.5, 0.6) is 0 Å². The zero-order valence-corrected chi connectivity index (χ0v) is 11.0. The molecule has 2 aliphatic rings. The molecular weight excluding hydrogens is 244 g/mol. The van der Waals surface area contributed by atoms with Gasteiger partial charge in [-0.1, -0.05) is 0 Å². The highest BCUT2D eigenvalue weighted by Gasteiger charge is 2.35. The van der Waals surface area contributed by atoms with Crippen LogP contribution in [0.2, 0.25) is 0 Å². The first-order chi connectivity index (χ1) is 9.15. The van der Waals surface area contributed by atoms with Gasteiger partial charge < -0.3 is 14.8 Å². The molecule has 3 rings (SSSR count). The molecule has 19 heavy (non-hydrogen) atoms. The monoisotopic (exact) mass is 262 g/mol. The van der Waals surface area contributed by atoms with Gasteiger partial charge in [0.2, 0.25) is 0 Å². The molecule has 1 unspecified atom stereocenters. The lowest BCUT2D eigenvalue weighted by Gasteiger charge is -2.35. The minimum atomic E-state index is 0.0263. The number of ketones is 1. The summed E-state index contributed by atoms with van der Waals surface area (Å²) in [5.74, 6) is 0.137. The van der Waals surface area contributed by atoms with E-state index >= 15 is 0 Å². The average Bonchev–Trinajstić information content (AvgIpc) is 2.96. The fourth-order valence-corrected chi connectivity index (χ4v) is 2.85. The third-order valence-corrected chi connectivity index (χ3v) is 3.91. The molecule has 0 saturated carbocycles. The quantitative estimate of drug-likeness (QED) is 0.775. The van der Waals surface area contributed by atoms with Gasteiger partial charge in [0.05, 0.1) is 18.3 Å². The van der Waals surface area contributed by atoms with E-state index in [1.807, 2.05) is 34.8 Å². The minimum absolute atomic E-state index is 0.0263. The van der Waals surface area contributed by atoms with Crippen LogP contribution in [0.15, 0.2) is 18.3 Å².